The van der Waals surface area contributed by atoms with E-state index in [0.29, 0.717) is 18.7 Å². The molecule has 2 heterocycles. The van der Waals surface area contributed by atoms with E-state index in [0.717, 1.165) is 23.1 Å². The highest BCUT2D eigenvalue weighted by Crippen LogP contribution is 2.19. The molecule has 1 aliphatic heterocycles. The molecular weight excluding hydrogens is 274 g/mol. The van der Waals surface area contributed by atoms with Gasteiger partial charge in [0.05, 0.1) is 22.7 Å². The first-order valence-electron chi connectivity index (χ1n) is 6.97. The molecule has 1 aromatic carbocycles. The van der Waals surface area contributed by atoms with E-state index in [4.69, 9.17) is 0 Å². The molecule has 1 fully saturated rings. The van der Waals surface area contributed by atoms with Gasteiger partial charge in [0, 0.05) is 24.5 Å². The average Bonchev–Trinajstić information content (AvgIpc) is 2.97. The van der Waals surface area contributed by atoms with Crippen molar-refractivity contribution in [1.82, 2.24) is 15.1 Å². The Morgan fingerprint density at radius 2 is 2.20 bits per heavy atom. The third-order valence-corrected chi connectivity index (χ3v) is 5.59. The summed E-state index contributed by atoms with van der Waals surface area (Å²) in [6.07, 6.45) is 0.703. The molecule has 1 atom stereocenters. The van der Waals surface area contributed by atoms with Crippen LogP contribution in [0.25, 0.3) is 10.9 Å². The van der Waals surface area contributed by atoms with E-state index in [-0.39, 0.29) is 11.8 Å². The Bertz CT molecular complexity index is 721. The summed E-state index contributed by atoms with van der Waals surface area (Å²) < 4.78 is 24.9. The fourth-order valence-corrected chi connectivity index (χ4v) is 4.47. The second-order valence-corrected chi connectivity index (χ2v) is 7.49. The Labute approximate surface area is 118 Å². The maximum absolute atomic E-state index is 11.5. The van der Waals surface area contributed by atoms with Gasteiger partial charge >= 0.3 is 0 Å². The number of hydrogen-bond donors (Lipinski definition) is 1. The molecule has 1 saturated heterocycles. The van der Waals surface area contributed by atoms with Crippen molar-refractivity contribution in [2.45, 2.75) is 32.5 Å². The number of benzene rings is 1. The number of rotatable bonds is 4. The first-order chi connectivity index (χ1) is 9.59. The summed E-state index contributed by atoms with van der Waals surface area (Å²) in [6, 6.07) is 8.21. The van der Waals surface area contributed by atoms with Gasteiger partial charge < -0.3 is 5.32 Å². The van der Waals surface area contributed by atoms with Gasteiger partial charge in [-0.3, -0.25) is 4.68 Å². The maximum Gasteiger partial charge on any atom is 0.151 e. The minimum atomic E-state index is -2.83. The third-order valence-electron chi connectivity index (χ3n) is 3.82. The summed E-state index contributed by atoms with van der Waals surface area (Å²) in [7, 11) is -2.83. The number of fused-ring (bicyclic) bond motifs is 1. The quantitative estimate of drug-likeness (QED) is 0.924. The minimum Gasteiger partial charge on any atom is -0.307 e. The normalized spacial score (nSPS) is 21.6. The molecule has 0 saturated carbocycles. The molecule has 0 bridgehead atoms. The standard InChI is InChI=1S/C14H19N3O2S/c1-2-17-14-6-4-3-5-12(14)13(16-17)9-15-11-7-8-20(18,19)10-11/h3-6,11,15H,2,7-10H2,1H3. The predicted molar refractivity (Wildman–Crippen MR) is 79.3 cm³/mol. The van der Waals surface area contributed by atoms with Crippen molar-refractivity contribution >= 4 is 20.7 Å². The van der Waals surface area contributed by atoms with E-state index in [2.05, 4.69) is 29.5 Å². The summed E-state index contributed by atoms with van der Waals surface area (Å²) >= 11 is 0. The Hall–Kier alpha value is -1.40. The molecule has 1 N–H and O–H groups in total. The van der Waals surface area contributed by atoms with Crippen molar-refractivity contribution in [3.8, 4) is 0 Å². The number of nitrogens with one attached hydrogen (secondary N) is 1. The topological polar surface area (TPSA) is 64.0 Å². The van der Waals surface area contributed by atoms with Crippen molar-refractivity contribution in [2.24, 2.45) is 0 Å². The molecular formula is C14H19N3O2S. The van der Waals surface area contributed by atoms with Gasteiger partial charge in [0.25, 0.3) is 0 Å². The smallest absolute Gasteiger partial charge is 0.151 e. The number of nitrogens with zero attached hydrogens (tertiary/aromatic N) is 2. The van der Waals surface area contributed by atoms with E-state index in [1.807, 2.05) is 16.8 Å². The molecule has 0 aliphatic carbocycles. The van der Waals surface area contributed by atoms with Crippen molar-refractivity contribution < 1.29 is 8.42 Å². The lowest BCUT2D eigenvalue weighted by atomic mass is 10.2. The van der Waals surface area contributed by atoms with E-state index in [9.17, 15) is 8.42 Å². The molecule has 3 rings (SSSR count). The monoisotopic (exact) mass is 293 g/mol. The molecule has 5 nitrogen and oxygen atoms in total. The van der Waals surface area contributed by atoms with E-state index in [1.54, 1.807) is 0 Å². The molecule has 1 aromatic heterocycles. The summed E-state index contributed by atoms with van der Waals surface area (Å²) in [4.78, 5) is 0. The SMILES string of the molecule is CCn1nc(CNC2CCS(=O)(=O)C2)c2ccccc21. The second kappa shape index (κ2) is 5.18. The number of aryl methyl sites for hydroxylation is 1. The third kappa shape index (κ3) is 2.58. The van der Waals surface area contributed by atoms with E-state index in [1.165, 1.54) is 0 Å². The number of para-hydroxylation sites is 1. The summed E-state index contributed by atoms with van der Waals surface area (Å²) in [5, 5.41) is 9.08. The highest BCUT2D eigenvalue weighted by atomic mass is 32.2. The zero-order valence-electron chi connectivity index (χ0n) is 11.5. The maximum atomic E-state index is 11.5. The van der Waals surface area contributed by atoms with Crippen molar-refractivity contribution in [3.63, 3.8) is 0 Å². The molecule has 108 valence electrons. The van der Waals surface area contributed by atoms with Crippen LogP contribution in [0.1, 0.15) is 19.0 Å². The van der Waals surface area contributed by atoms with Gasteiger partial charge in [-0.15, -0.1) is 0 Å². The summed E-state index contributed by atoms with van der Waals surface area (Å²) in [6.45, 7) is 3.52. The van der Waals surface area contributed by atoms with Crippen LogP contribution in [-0.4, -0.2) is 35.7 Å². The van der Waals surface area contributed by atoms with Gasteiger partial charge in [-0.05, 0) is 19.4 Å². The van der Waals surface area contributed by atoms with Crippen LogP contribution in [0.4, 0.5) is 0 Å². The van der Waals surface area contributed by atoms with Gasteiger partial charge in [-0.2, -0.15) is 5.10 Å². The Morgan fingerprint density at radius 3 is 2.90 bits per heavy atom. The second-order valence-electron chi connectivity index (χ2n) is 5.26. The summed E-state index contributed by atoms with van der Waals surface area (Å²) in [5.74, 6) is 0.550. The van der Waals surface area contributed by atoms with Gasteiger partial charge in [-0.1, -0.05) is 18.2 Å². The fraction of sp³-hybridized carbons (Fsp3) is 0.500. The van der Waals surface area contributed by atoms with Crippen molar-refractivity contribution in [1.29, 1.82) is 0 Å². The number of aromatic nitrogens is 2. The minimum absolute atomic E-state index is 0.0607. The van der Waals surface area contributed by atoms with Crippen LogP contribution in [-0.2, 0) is 22.9 Å². The molecule has 1 aliphatic rings. The van der Waals surface area contributed by atoms with Gasteiger partial charge in [0.2, 0.25) is 0 Å². The van der Waals surface area contributed by atoms with Gasteiger partial charge in [0.1, 0.15) is 0 Å². The van der Waals surface area contributed by atoms with E-state index < -0.39 is 9.84 Å². The lowest BCUT2D eigenvalue weighted by molar-refractivity contribution is 0.542. The molecule has 1 unspecified atom stereocenters. The fourth-order valence-electron chi connectivity index (χ4n) is 2.76. The summed E-state index contributed by atoms with van der Waals surface area (Å²) in [5.41, 5.74) is 2.12. The van der Waals surface area contributed by atoms with E-state index >= 15 is 0 Å². The molecule has 0 spiro atoms. The van der Waals surface area contributed by atoms with Crippen LogP contribution in [0.15, 0.2) is 24.3 Å². The highest BCUT2D eigenvalue weighted by molar-refractivity contribution is 7.91. The van der Waals surface area contributed by atoms with Crippen LogP contribution in [0, 0.1) is 0 Å². The zero-order valence-corrected chi connectivity index (χ0v) is 12.4. The van der Waals surface area contributed by atoms with Crippen molar-refractivity contribution in [3.05, 3.63) is 30.0 Å². The van der Waals surface area contributed by atoms with Crippen LogP contribution in [0.2, 0.25) is 0 Å². The lowest BCUT2D eigenvalue weighted by Gasteiger charge is -2.08. The number of sulfone groups is 1. The molecule has 0 amide bonds. The lowest BCUT2D eigenvalue weighted by Crippen LogP contribution is -2.29. The van der Waals surface area contributed by atoms with Crippen LogP contribution in [0.5, 0.6) is 0 Å². The molecule has 2 aromatic rings. The first kappa shape index (κ1) is 13.6. The van der Waals surface area contributed by atoms with Gasteiger partial charge in [-0.25, -0.2) is 8.42 Å². The van der Waals surface area contributed by atoms with Gasteiger partial charge in [0.15, 0.2) is 9.84 Å². The highest BCUT2D eigenvalue weighted by Gasteiger charge is 2.27. The molecule has 6 heteroatoms. The van der Waals surface area contributed by atoms with Crippen molar-refractivity contribution in [2.75, 3.05) is 11.5 Å². The average molecular weight is 293 g/mol. The Kier molecular flexibility index (Phi) is 3.52. The Morgan fingerprint density at radius 1 is 1.40 bits per heavy atom. The van der Waals surface area contributed by atoms with Crippen LogP contribution >= 0.6 is 0 Å². The van der Waals surface area contributed by atoms with Crippen LogP contribution in [0.3, 0.4) is 0 Å². The Balaban J connectivity index is 1.78. The first-order valence-corrected chi connectivity index (χ1v) is 8.79. The predicted octanol–water partition coefficient (Wildman–Crippen LogP) is 1.33. The zero-order chi connectivity index (χ0) is 14.2. The van der Waals surface area contributed by atoms with Crippen LogP contribution < -0.4 is 5.32 Å². The number of hydrogen-bond acceptors (Lipinski definition) is 4. The largest absolute Gasteiger partial charge is 0.307 e. The molecule has 0 radical (unpaired) electrons. The molecule has 20 heavy (non-hydrogen) atoms.